The molecule has 2 aromatic heterocycles. The van der Waals surface area contributed by atoms with Crippen molar-refractivity contribution in [1.82, 2.24) is 15.0 Å². The third kappa shape index (κ3) is 1.86. The predicted molar refractivity (Wildman–Crippen MR) is 63.4 cm³/mol. The van der Waals surface area contributed by atoms with Gasteiger partial charge in [-0.25, -0.2) is 9.97 Å². The van der Waals surface area contributed by atoms with Crippen molar-refractivity contribution in [2.24, 2.45) is 11.7 Å². The lowest BCUT2D eigenvalue weighted by molar-refractivity contribution is 0.461. The van der Waals surface area contributed by atoms with Gasteiger partial charge in [0.2, 0.25) is 0 Å². The van der Waals surface area contributed by atoms with E-state index in [1.54, 1.807) is 6.20 Å². The molecule has 0 aliphatic heterocycles. The maximum absolute atomic E-state index is 5.72. The largest absolute Gasteiger partial charge is 0.438 e. The monoisotopic (exact) mass is 232 g/mol. The van der Waals surface area contributed by atoms with Gasteiger partial charge in [0.05, 0.1) is 11.9 Å². The quantitative estimate of drug-likeness (QED) is 0.820. The molecule has 5 nitrogen and oxygen atoms in total. The molecule has 0 saturated heterocycles. The average Bonchev–Trinajstić information content (AvgIpc) is 2.93. The highest BCUT2D eigenvalue weighted by atomic mass is 16.4. The molecule has 2 heterocycles. The third-order valence-electron chi connectivity index (χ3n) is 3.33. The van der Waals surface area contributed by atoms with E-state index in [0.717, 1.165) is 37.3 Å². The summed E-state index contributed by atoms with van der Waals surface area (Å²) >= 11 is 0. The molecule has 0 spiro atoms. The Morgan fingerprint density at radius 2 is 2.47 bits per heavy atom. The predicted octanol–water partition coefficient (Wildman–Crippen LogP) is 1.44. The summed E-state index contributed by atoms with van der Waals surface area (Å²) in [5.74, 6) is 2.73. The summed E-state index contributed by atoms with van der Waals surface area (Å²) < 4.78 is 5.47. The van der Waals surface area contributed by atoms with E-state index in [2.05, 4.69) is 15.0 Å². The molecule has 0 saturated carbocycles. The van der Waals surface area contributed by atoms with Gasteiger partial charge in [0.1, 0.15) is 0 Å². The third-order valence-corrected chi connectivity index (χ3v) is 3.33. The van der Waals surface area contributed by atoms with Gasteiger partial charge in [-0.2, -0.15) is 0 Å². The van der Waals surface area contributed by atoms with Gasteiger partial charge in [-0.05, 0) is 31.7 Å². The number of nitrogens with zero attached hydrogens (tertiary/aromatic N) is 2. The van der Waals surface area contributed by atoms with Crippen LogP contribution in [0.4, 0.5) is 0 Å². The SMILES string of the molecule is Cc1ncc(-c2nc3c([nH]2)CC(CN)CC3)o1. The minimum absolute atomic E-state index is 0.576. The first kappa shape index (κ1) is 10.5. The fourth-order valence-electron chi connectivity index (χ4n) is 2.34. The van der Waals surface area contributed by atoms with Gasteiger partial charge in [-0.3, -0.25) is 0 Å². The number of aromatic nitrogens is 3. The number of nitrogens with two attached hydrogens (primary N) is 1. The van der Waals surface area contributed by atoms with Crippen LogP contribution in [-0.2, 0) is 12.8 Å². The summed E-state index contributed by atoms with van der Waals surface area (Å²) in [5, 5.41) is 0. The lowest BCUT2D eigenvalue weighted by atomic mass is 9.90. The van der Waals surface area contributed by atoms with Gasteiger partial charge < -0.3 is 15.1 Å². The summed E-state index contributed by atoms with van der Waals surface area (Å²) in [6, 6.07) is 0. The minimum atomic E-state index is 0.576. The highest BCUT2D eigenvalue weighted by molar-refractivity contribution is 5.47. The first-order valence-corrected chi connectivity index (χ1v) is 5.97. The Morgan fingerprint density at radius 3 is 3.18 bits per heavy atom. The molecular weight excluding hydrogens is 216 g/mol. The fourth-order valence-corrected chi connectivity index (χ4v) is 2.34. The van der Waals surface area contributed by atoms with E-state index in [9.17, 15) is 0 Å². The molecule has 3 rings (SSSR count). The molecule has 1 atom stereocenters. The molecule has 90 valence electrons. The van der Waals surface area contributed by atoms with Gasteiger partial charge in [-0.1, -0.05) is 0 Å². The van der Waals surface area contributed by atoms with Crippen LogP contribution in [0.5, 0.6) is 0 Å². The molecule has 3 N–H and O–H groups in total. The zero-order valence-corrected chi connectivity index (χ0v) is 9.86. The Hall–Kier alpha value is -1.62. The van der Waals surface area contributed by atoms with Crippen molar-refractivity contribution in [3.63, 3.8) is 0 Å². The van der Waals surface area contributed by atoms with Crippen LogP contribution in [0.3, 0.4) is 0 Å². The Morgan fingerprint density at radius 1 is 1.59 bits per heavy atom. The zero-order chi connectivity index (χ0) is 11.8. The second-order valence-electron chi connectivity index (χ2n) is 4.60. The van der Waals surface area contributed by atoms with Gasteiger partial charge in [0.15, 0.2) is 17.5 Å². The van der Waals surface area contributed by atoms with Crippen LogP contribution in [0, 0.1) is 12.8 Å². The summed E-state index contributed by atoms with van der Waals surface area (Å²) in [6.07, 6.45) is 4.83. The van der Waals surface area contributed by atoms with Crippen molar-refractivity contribution in [3.8, 4) is 11.6 Å². The number of hydrogen-bond acceptors (Lipinski definition) is 4. The van der Waals surface area contributed by atoms with Crippen LogP contribution in [0.15, 0.2) is 10.6 Å². The second-order valence-corrected chi connectivity index (χ2v) is 4.60. The molecule has 2 aromatic rings. The van der Waals surface area contributed by atoms with Gasteiger partial charge in [0.25, 0.3) is 0 Å². The molecule has 0 radical (unpaired) electrons. The highest BCUT2D eigenvalue weighted by Crippen LogP contribution is 2.26. The number of nitrogens with one attached hydrogen (secondary N) is 1. The van der Waals surface area contributed by atoms with Crippen LogP contribution < -0.4 is 5.73 Å². The number of fused-ring (bicyclic) bond motifs is 1. The molecule has 1 aliphatic rings. The minimum Gasteiger partial charge on any atom is -0.438 e. The van der Waals surface area contributed by atoms with E-state index in [4.69, 9.17) is 10.2 Å². The first-order chi connectivity index (χ1) is 8.26. The number of hydrogen-bond donors (Lipinski definition) is 2. The molecular formula is C12H16N4O. The van der Waals surface area contributed by atoms with Crippen LogP contribution in [0.1, 0.15) is 23.7 Å². The molecule has 0 amide bonds. The summed E-state index contributed by atoms with van der Waals surface area (Å²) in [7, 11) is 0. The maximum Gasteiger partial charge on any atom is 0.191 e. The van der Waals surface area contributed by atoms with Crippen molar-refractivity contribution in [1.29, 1.82) is 0 Å². The van der Waals surface area contributed by atoms with Crippen LogP contribution in [-0.4, -0.2) is 21.5 Å². The lowest BCUT2D eigenvalue weighted by Gasteiger charge is -2.18. The standard InChI is InChI=1S/C12H16N4O/c1-7-14-6-11(17-7)12-15-9-3-2-8(5-13)4-10(9)16-12/h6,8H,2-5,13H2,1H3,(H,15,16). The van der Waals surface area contributed by atoms with Crippen LogP contribution in [0.25, 0.3) is 11.6 Å². The van der Waals surface area contributed by atoms with E-state index >= 15 is 0 Å². The second kappa shape index (κ2) is 4.00. The lowest BCUT2D eigenvalue weighted by Crippen LogP contribution is -2.22. The van der Waals surface area contributed by atoms with Gasteiger partial charge >= 0.3 is 0 Å². The van der Waals surface area contributed by atoms with Crippen molar-refractivity contribution in [2.75, 3.05) is 6.54 Å². The molecule has 5 heteroatoms. The molecule has 0 aromatic carbocycles. The normalized spacial score (nSPS) is 19.3. The number of imidazole rings is 1. The molecule has 1 aliphatic carbocycles. The number of aromatic amines is 1. The van der Waals surface area contributed by atoms with E-state index in [1.807, 2.05) is 6.92 Å². The number of H-pyrrole nitrogens is 1. The summed E-state index contributed by atoms with van der Waals surface area (Å²) in [5.41, 5.74) is 8.07. The molecule has 0 bridgehead atoms. The maximum atomic E-state index is 5.72. The summed E-state index contributed by atoms with van der Waals surface area (Å²) in [4.78, 5) is 12.0. The molecule has 0 fully saturated rings. The Balaban J connectivity index is 1.92. The topological polar surface area (TPSA) is 80.7 Å². The Kier molecular flexibility index (Phi) is 2.48. The number of rotatable bonds is 2. The average molecular weight is 232 g/mol. The molecule has 1 unspecified atom stereocenters. The Bertz CT molecular complexity index is 528. The van der Waals surface area contributed by atoms with E-state index < -0.39 is 0 Å². The van der Waals surface area contributed by atoms with Gasteiger partial charge in [-0.15, -0.1) is 0 Å². The van der Waals surface area contributed by atoms with E-state index in [-0.39, 0.29) is 0 Å². The zero-order valence-electron chi connectivity index (χ0n) is 9.86. The smallest absolute Gasteiger partial charge is 0.191 e. The fraction of sp³-hybridized carbons (Fsp3) is 0.500. The molecule has 17 heavy (non-hydrogen) atoms. The number of aryl methyl sites for hydroxylation is 2. The van der Waals surface area contributed by atoms with E-state index in [0.29, 0.717) is 17.6 Å². The van der Waals surface area contributed by atoms with Crippen molar-refractivity contribution in [2.45, 2.75) is 26.2 Å². The van der Waals surface area contributed by atoms with Gasteiger partial charge in [0, 0.05) is 12.6 Å². The van der Waals surface area contributed by atoms with Crippen LogP contribution >= 0.6 is 0 Å². The summed E-state index contributed by atoms with van der Waals surface area (Å²) in [6.45, 7) is 2.58. The number of oxazole rings is 1. The van der Waals surface area contributed by atoms with Crippen LogP contribution in [0.2, 0.25) is 0 Å². The highest BCUT2D eigenvalue weighted by Gasteiger charge is 2.22. The Labute approximate surface area is 99.5 Å². The van der Waals surface area contributed by atoms with Crippen molar-refractivity contribution < 1.29 is 4.42 Å². The first-order valence-electron chi connectivity index (χ1n) is 5.97. The van der Waals surface area contributed by atoms with Crippen molar-refractivity contribution in [3.05, 3.63) is 23.5 Å². The van der Waals surface area contributed by atoms with Crippen molar-refractivity contribution >= 4 is 0 Å². The van der Waals surface area contributed by atoms with E-state index in [1.165, 1.54) is 5.69 Å².